The van der Waals surface area contributed by atoms with Gasteiger partial charge in [-0.1, -0.05) is 164 Å². The maximum absolute atomic E-state index is 5.50. The van der Waals surface area contributed by atoms with Gasteiger partial charge in [-0.3, -0.25) is 4.57 Å². The molecule has 3 heteroatoms. The number of aromatic nitrogens is 3. The first-order valence-corrected chi connectivity index (χ1v) is 17.4. The second-order valence-corrected chi connectivity index (χ2v) is 13.3. The van der Waals surface area contributed by atoms with Gasteiger partial charge in [-0.05, 0) is 55.2 Å². The molecule has 0 aliphatic heterocycles. The van der Waals surface area contributed by atoms with Crippen LogP contribution in [0.15, 0.2) is 176 Å². The second kappa shape index (κ2) is 10.8. The van der Waals surface area contributed by atoms with Gasteiger partial charge in [0.25, 0.3) is 0 Å². The lowest BCUT2D eigenvalue weighted by molar-refractivity contribution is 0.999. The van der Waals surface area contributed by atoms with E-state index in [0.717, 1.165) is 33.5 Å². The van der Waals surface area contributed by atoms with E-state index in [4.69, 9.17) is 9.97 Å². The second-order valence-electron chi connectivity index (χ2n) is 13.3. The van der Waals surface area contributed by atoms with Gasteiger partial charge in [-0.15, -0.1) is 0 Å². The Balaban J connectivity index is 1.34. The van der Waals surface area contributed by atoms with E-state index in [9.17, 15) is 0 Å². The van der Waals surface area contributed by atoms with Crippen LogP contribution < -0.4 is 0 Å². The van der Waals surface area contributed by atoms with Gasteiger partial charge in [-0.2, -0.15) is 0 Å². The zero-order valence-electron chi connectivity index (χ0n) is 27.6. The normalized spacial score (nSPS) is 11.9. The van der Waals surface area contributed by atoms with Crippen molar-refractivity contribution in [1.29, 1.82) is 0 Å². The maximum Gasteiger partial charge on any atom is 0.235 e. The minimum absolute atomic E-state index is 0.652. The van der Waals surface area contributed by atoms with Crippen LogP contribution in [0.4, 0.5) is 0 Å². The van der Waals surface area contributed by atoms with Crippen LogP contribution >= 0.6 is 0 Å². The van der Waals surface area contributed by atoms with Gasteiger partial charge in [0, 0.05) is 32.7 Å². The molecule has 0 N–H and O–H groups in total. The van der Waals surface area contributed by atoms with Gasteiger partial charge in [0.05, 0.1) is 22.4 Å². The van der Waals surface area contributed by atoms with Crippen LogP contribution in [0.3, 0.4) is 0 Å². The molecular weight excluding hydrogens is 619 g/mol. The lowest BCUT2D eigenvalue weighted by Crippen LogP contribution is -2.04. The van der Waals surface area contributed by atoms with Crippen LogP contribution in [-0.2, 0) is 0 Å². The molecule has 0 bridgehead atoms. The highest BCUT2D eigenvalue weighted by molar-refractivity contribution is 6.36. The van der Waals surface area contributed by atoms with E-state index in [-0.39, 0.29) is 0 Å². The van der Waals surface area contributed by atoms with E-state index in [0.29, 0.717) is 5.95 Å². The average molecular weight is 648 g/mol. The van der Waals surface area contributed by atoms with Crippen molar-refractivity contribution in [2.45, 2.75) is 0 Å². The van der Waals surface area contributed by atoms with Crippen LogP contribution in [0.1, 0.15) is 0 Å². The molecular formula is C48H29N3. The predicted molar refractivity (Wildman–Crippen MR) is 215 cm³/mol. The van der Waals surface area contributed by atoms with Gasteiger partial charge in [0.1, 0.15) is 0 Å². The first-order chi connectivity index (χ1) is 25.3. The Bertz CT molecular complexity index is 3100. The molecule has 0 spiro atoms. The van der Waals surface area contributed by atoms with E-state index in [1.807, 2.05) is 0 Å². The molecule has 9 aromatic carbocycles. The van der Waals surface area contributed by atoms with Crippen LogP contribution in [0.25, 0.3) is 104 Å². The fourth-order valence-corrected chi connectivity index (χ4v) is 8.35. The summed E-state index contributed by atoms with van der Waals surface area (Å²) in [4.78, 5) is 11.0. The van der Waals surface area contributed by atoms with E-state index < -0.39 is 0 Å². The van der Waals surface area contributed by atoms with Crippen molar-refractivity contribution in [3.63, 3.8) is 0 Å². The van der Waals surface area contributed by atoms with E-state index in [1.165, 1.54) is 64.6 Å². The number of hydrogen-bond donors (Lipinski definition) is 0. The monoisotopic (exact) mass is 647 g/mol. The average Bonchev–Trinajstić information content (AvgIpc) is 3.55. The van der Waals surface area contributed by atoms with Crippen molar-refractivity contribution in [2.75, 3.05) is 0 Å². The Kier molecular flexibility index (Phi) is 5.96. The largest absolute Gasteiger partial charge is 0.277 e. The Morgan fingerprint density at radius 1 is 0.333 bits per heavy atom. The number of rotatable bonds is 3. The van der Waals surface area contributed by atoms with Crippen molar-refractivity contribution < 1.29 is 0 Å². The minimum Gasteiger partial charge on any atom is -0.277 e. The van der Waals surface area contributed by atoms with Crippen LogP contribution in [-0.4, -0.2) is 14.5 Å². The molecule has 2 aromatic heterocycles. The summed E-state index contributed by atoms with van der Waals surface area (Å²) in [6, 6.07) is 63.1. The highest BCUT2D eigenvalue weighted by Gasteiger charge is 2.23. The molecule has 0 fully saturated rings. The van der Waals surface area contributed by atoms with Crippen molar-refractivity contribution >= 4 is 75.7 Å². The Morgan fingerprint density at radius 3 is 1.47 bits per heavy atom. The number of hydrogen-bond acceptors (Lipinski definition) is 2. The third kappa shape index (κ3) is 4.12. The quantitative estimate of drug-likeness (QED) is 0.179. The molecule has 0 unspecified atom stereocenters. The molecule has 0 saturated carbocycles. The molecule has 0 saturated heterocycles. The van der Waals surface area contributed by atoms with E-state index in [2.05, 4.69) is 180 Å². The van der Waals surface area contributed by atoms with Gasteiger partial charge < -0.3 is 0 Å². The van der Waals surface area contributed by atoms with Crippen molar-refractivity contribution in [3.05, 3.63) is 176 Å². The SMILES string of the molecule is c1ccc2c(-c3cc(-c4cccc5ccccc45)nc(-n4c5ccccc5c5c6c7ccccc7ccc6c6ccccc6c54)n3)cccc2c1. The molecule has 0 atom stereocenters. The Labute approximate surface area is 293 Å². The summed E-state index contributed by atoms with van der Waals surface area (Å²) in [5, 5.41) is 14.5. The Hall–Kier alpha value is -6.84. The first kappa shape index (κ1) is 28.0. The molecule has 0 aliphatic rings. The van der Waals surface area contributed by atoms with Crippen LogP contribution in [0.2, 0.25) is 0 Å². The predicted octanol–water partition coefficient (Wildman–Crippen LogP) is 12.7. The summed E-state index contributed by atoms with van der Waals surface area (Å²) in [6.45, 7) is 0. The zero-order chi connectivity index (χ0) is 33.5. The smallest absolute Gasteiger partial charge is 0.235 e. The van der Waals surface area contributed by atoms with Crippen molar-refractivity contribution in [1.82, 2.24) is 14.5 Å². The third-order valence-corrected chi connectivity index (χ3v) is 10.6. The van der Waals surface area contributed by atoms with Crippen molar-refractivity contribution in [3.8, 4) is 28.5 Å². The maximum atomic E-state index is 5.50. The molecule has 0 radical (unpaired) electrons. The molecule has 0 amide bonds. The van der Waals surface area contributed by atoms with Gasteiger partial charge in [0.2, 0.25) is 5.95 Å². The number of nitrogens with zero attached hydrogens (tertiary/aromatic N) is 3. The molecule has 11 aromatic rings. The summed E-state index contributed by atoms with van der Waals surface area (Å²) < 4.78 is 2.32. The zero-order valence-corrected chi connectivity index (χ0v) is 27.6. The van der Waals surface area contributed by atoms with Gasteiger partial charge in [-0.25, -0.2) is 9.97 Å². The standard InChI is InChI=1S/C48H29N3/c1-4-18-33-30(13-1)16-11-24-37(33)42-29-43(38-25-12-17-31-14-2-5-19-34(31)38)50-48(49-42)51-44-26-10-9-23-41(44)46-45-35-20-6-3-15-32(35)27-28-39(45)36-21-7-8-22-40(36)47(46)51/h1-29H. The van der Waals surface area contributed by atoms with Crippen LogP contribution in [0.5, 0.6) is 0 Å². The van der Waals surface area contributed by atoms with Crippen LogP contribution in [0, 0.1) is 0 Å². The molecule has 11 rings (SSSR count). The number of benzene rings is 9. The summed E-state index contributed by atoms with van der Waals surface area (Å²) in [7, 11) is 0. The third-order valence-electron chi connectivity index (χ3n) is 10.6. The number of para-hydroxylation sites is 1. The fraction of sp³-hybridized carbons (Fsp3) is 0. The highest BCUT2D eigenvalue weighted by Crippen LogP contribution is 2.45. The lowest BCUT2D eigenvalue weighted by Gasteiger charge is -2.15. The Morgan fingerprint density at radius 2 is 0.824 bits per heavy atom. The highest BCUT2D eigenvalue weighted by atomic mass is 15.2. The molecule has 51 heavy (non-hydrogen) atoms. The molecule has 0 aliphatic carbocycles. The summed E-state index contributed by atoms with van der Waals surface area (Å²) in [6.07, 6.45) is 0. The van der Waals surface area contributed by atoms with Gasteiger partial charge >= 0.3 is 0 Å². The lowest BCUT2D eigenvalue weighted by atomic mass is 9.93. The molecule has 236 valence electrons. The molecule has 3 nitrogen and oxygen atoms in total. The topological polar surface area (TPSA) is 30.7 Å². The summed E-state index contributed by atoms with van der Waals surface area (Å²) >= 11 is 0. The first-order valence-electron chi connectivity index (χ1n) is 17.4. The fourth-order valence-electron chi connectivity index (χ4n) is 8.35. The van der Waals surface area contributed by atoms with E-state index in [1.54, 1.807) is 0 Å². The molecule has 2 heterocycles. The minimum atomic E-state index is 0.652. The van der Waals surface area contributed by atoms with Gasteiger partial charge in [0.15, 0.2) is 0 Å². The number of fused-ring (bicyclic) bond motifs is 12. The summed E-state index contributed by atoms with van der Waals surface area (Å²) in [5.74, 6) is 0.652. The van der Waals surface area contributed by atoms with E-state index >= 15 is 0 Å². The van der Waals surface area contributed by atoms with Crippen molar-refractivity contribution in [2.24, 2.45) is 0 Å². The summed E-state index contributed by atoms with van der Waals surface area (Å²) in [5.41, 5.74) is 6.15.